The third-order valence-electron chi connectivity index (χ3n) is 4.64. The van der Waals surface area contributed by atoms with E-state index in [9.17, 15) is 4.79 Å². The first-order valence-corrected chi connectivity index (χ1v) is 7.93. The Morgan fingerprint density at radius 1 is 1.13 bits per heavy atom. The maximum atomic E-state index is 12.4. The molecule has 0 bridgehead atoms. The van der Waals surface area contributed by atoms with Gasteiger partial charge in [0.2, 0.25) is 5.91 Å². The first kappa shape index (κ1) is 14.0. The van der Waals surface area contributed by atoms with Crippen molar-refractivity contribution in [3.63, 3.8) is 0 Å². The molecule has 0 unspecified atom stereocenters. The van der Waals surface area contributed by atoms with Crippen molar-refractivity contribution >= 4 is 16.8 Å². The lowest BCUT2D eigenvalue weighted by Crippen LogP contribution is -2.43. The molecule has 3 aromatic rings. The number of para-hydroxylation sites is 1. The average Bonchev–Trinajstić information content (AvgIpc) is 2.99. The fourth-order valence-electron chi connectivity index (χ4n) is 3.61. The van der Waals surface area contributed by atoms with Gasteiger partial charge in [0.15, 0.2) is 0 Å². The maximum absolute atomic E-state index is 12.4. The molecule has 0 saturated heterocycles. The molecule has 0 radical (unpaired) electrons. The highest BCUT2D eigenvalue weighted by Gasteiger charge is 2.33. The topological polar surface area (TPSA) is 62.1 Å². The molecule has 3 N–H and O–H groups in total. The SMILES string of the molecule is NCC(=O)N1CCc2c([nH]c3ccccc23)[C@H]1c1ccccc1. The van der Waals surface area contributed by atoms with Gasteiger partial charge in [-0.15, -0.1) is 0 Å². The van der Waals surface area contributed by atoms with Crippen molar-refractivity contribution in [2.45, 2.75) is 12.5 Å². The van der Waals surface area contributed by atoms with Crippen LogP contribution in [0.2, 0.25) is 0 Å². The third kappa shape index (κ3) is 2.23. The van der Waals surface area contributed by atoms with Crippen molar-refractivity contribution in [3.8, 4) is 0 Å². The number of hydrogen-bond acceptors (Lipinski definition) is 2. The molecule has 1 aliphatic heterocycles. The van der Waals surface area contributed by atoms with Gasteiger partial charge in [-0.2, -0.15) is 0 Å². The number of nitrogens with two attached hydrogens (primary N) is 1. The quantitative estimate of drug-likeness (QED) is 0.764. The van der Waals surface area contributed by atoms with Crippen molar-refractivity contribution in [1.82, 2.24) is 9.88 Å². The predicted molar refractivity (Wildman–Crippen MR) is 91.1 cm³/mol. The molecule has 2 heterocycles. The fraction of sp³-hybridized carbons (Fsp3) is 0.211. The van der Waals surface area contributed by atoms with Crippen LogP contribution < -0.4 is 5.73 Å². The molecule has 0 fully saturated rings. The van der Waals surface area contributed by atoms with Gasteiger partial charge >= 0.3 is 0 Å². The molecule has 1 atom stereocenters. The molecular weight excluding hydrogens is 286 g/mol. The number of H-pyrrole nitrogens is 1. The molecule has 0 aliphatic carbocycles. The average molecular weight is 305 g/mol. The number of nitrogens with zero attached hydrogens (tertiary/aromatic N) is 1. The molecule has 23 heavy (non-hydrogen) atoms. The van der Waals surface area contributed by atoms with Crippen LogP contribution >= 0.6 is 0 Å². The van der Waals surface area contributed by atoms with Gasteiger partial charge in [0, 0.05) is 23.1 Å². The summed E-state index contributed by atoms with van der Waals surface area (Å²) in [5.41, 5.74) is 10.3. The van der Waals surface area contributed by atoms with E-state index in [4.69, 9.17) is 5.73 Å². The lowest BCUT2D eigenvalue weighted by Gasteiger charge is -2.36. The molecule has 4 heteroatoms. The fourth-order valence-corrected chi connectivity index (χ4v) is 3.61. The van der Waals surface area contributed by atoms with Gasteiger partial charge in [0.1, 0.15) is 0 Å². The zero-order valence-electron chi connectivity index (χ0n) is 12.8. The Bertz CT molecular complexity index is 853. The van der Waals surface area contributed by atoms with Crippen molar-refractivity contribution in [3.05, 3.63) is 71.4 Å². The second-order valence-electron chi connectivity index (χ2n) is 5.92. The first-order valence-electron chi connectivity index (χ1n) is 7.93. The smallest absolute Gasteiger partial charge is 0.237 e. The number of carbonyl (C=O) groups is 1. The van der Waals surface area contributed by atoms with E-state index in [0.717, 1.165) is 23.2 Å². The Kier molecular flexibility index (Phi) is 3.39. The highest BCUT2D eigenvalue weighted by atomic mass is 16.2. The first-order chi connectivity index (χ1) is 11.3. The van der Waals surface area contributed by atoms with Gasteiger partial charge < -0.3 is 15.6 Å². The second kappa shape index (κ2) is 5.56. The number of carbonyl (C=O) groups excluding carboxylic acids is 1. The van der Waals surface area contributed by atoms with E-state index >= 15 is 0 Å². The molecule has 4 nitrogen and oxygen atoms in total. The summed E-state index contributed by atoms with van der Waals surface area (Å²) in [6.45, 7) is 0.739. The number of amides is 1. The molecule has 4 rings (SSSR count). The standard InChI is InChI=1S/C19H19N3O/c20-12-17(23)22-11-10-15-14-8-4-5-9-16(14)21-18(15)19(22)13-6-2-1-3-7-13/h1-9,19,21H,10-12,20H2/t19-/m1/s1. The van der Waals surface area contributed by atoms with E-state index in [1.165, 1.54) is 10.9 Å². The minimum Gasteiger partial charge on any atom is -0.356 e. The number of rotatable bonds is 2. The molecular formula is C19H19N3O. The van der Waals surface area contributed by atoms with Crippen LogP contribution in [-0.4, -0.2) is 28.9 Å². The van der Waals surface area contributed by atoms with Gasteiger partial charge in [0.05, 0.1) is 12.6 Å². The summed E-state index contributed by atoms with van der Waals surface area (Å²) in [7, 11) is 0. The van der Waals surface area contributed by atoms with Crippen LogP contribution in [0.15, 0.2) is 54.6 Å². The Balaban J connectivity index is 1.92. The van der Waals surface area contributed by atoms with E-state index in [2.05, 4.69) is 35.3 Å². The van der Waals surface area contributed by atoms with Gasteiger partial charge in [0.25, 0.3) is 0 Å². The van der Waals surface area contributed by atoms with Crippen molar-refractivity contribution in [1.29, 1.82) is 0 Å². The summed E-state index contributed by atoms with van der Waals surface area (Å²) < 4.78 is 0. The monoisotopic (exact) mass is 305 g/mol. The van der Waals surface area contributed by atoms with Crippen LogP contribution in [0.25, 0.3) is 10.9 Å². The van der Waals surface area contributed by atoms with Crippen molar-refractivity contribution < 1.29 is 4.79 Å². The Labute approximate surface area is 134 Å². The Morgan fingerprint density at radius 2 is 1.87 bits per heavy atom. The molecule has 0 saturated carbocycles. The Morgan fingerprint density at radius 3 is 2.65 bits per heavy atom. The van der Waals surface area contributed by atoms with E-state index in [-0.39, 0.29) is 18.5 Å². The number of aromatic amines is 1. The maximum Gasteiger partial charge on any atom is 0.237 e. The van der Waals surface area contributed by atoms with Crippen LogP contribution in [0.3, 0.4) is 0 Å². The zero-order chi connectivity index (χ0) is 15.8. The van der Waals surface area contributed by atoms with Gasteiger partial charge in [-0.05, 0) is 23.6 Å². The highest BCUT2D eigenvalue weighted by Crippen LogP contribution is 2.38. The summed E-state index contributed by atoms with van der Waals surface area (Å²) in [5.74, 6) is -0.0110. The highest BCUT2D eigenvalue weighted by molar-refractivity contribution is 5.86. The van der Waals surface area contributed by atoms with Crippen LogP contribution in [0, 0.1) is 0 Å². The van der Waals surface area contributed by atoms with Crippen molar-refractivity contribution in [2.75, 3.05) is 13.1 Å². The Hall–Kier alpha value is -2.59. The summed E-state index contributed by atoms with van der Waals surface area (Å²) in [6.07, 6.45) is 0.856. The van der Waals surface area contributed by atoms with E-state index < -0.39 is 0 Å². The van der Waals surface area contributed by atoms with E-state index in [0.29, 0.717) is 6.54 Å². The minimum atomic E-state index is -0.0941. The summed E-state index contributed by atoms with van der Waals surface area (Å²) in [6, 6.07) is 18.4. The molecule has 0 spiro atoms. The van der Waals surface area contributed by atoms with Crippen molar-refractivity contribution in [2.24, 2.45) is 5.73 Å². The molecule has 1 aliphatic rings. The minimum absolute atomic E-state index is 0.0110. The molecule has 1 amide bonds. The van der Waals surface area contributed by atoms with E-state index in [1.54, 1.807) is 0 Å². The number of fused-ring (bicyclic) bond motifs is 3. The molecule has 116 valence electrons. The van der Waals surface area contributed by atoms with Crippen LogP contribution in [0.5, 0.6) is 0 Å². The number of benzene rings is 2. The van der Waals surface area contributed by atoms with Gasteiger partial charge in [-0.1, -0.05) is 48.5 Å². The predicted octanol–water partition coefficient (Wildman–Crippen LogP) is 2.60. The lowest BCUT2D eigenvalue weighted by atomic mass is 9.92. The number of aromatic nitrogens is 1. The third-order valence-corrected chi connectivity index (χ3v) is 4.64. The molecule has 1 aromatic heterocycles. The van der Waals surface area contributed by atoms with Gasteiger partial charge in [-0.3, -0.25) is 4.79 Å². The van der Waals surface area contributed by atoms with Crippen LogP contribution in [0.4, 0.5) is 0 Å². The summed E-state index contributed by atoms with van der Waals surface area (Å²) in [5, 5.41) is 1.25. The van der Waals surface area contributed by atoms with Crippen LogP contribution in [-0.2, 0) is 11.2 Å². The number of hydrogen-bond donors (Lipinski definition) is 2. The summed E-state index contributed by atoms with van der Waals surface area (Å²) in [4.78, 5) is 17.8. The molecule has 2 aromatic carbocycles. The summed E-state index contributed by atoms with van der Waals surface area (Å²) >= 11 is 0. The number of nitrogens with one attached hydrogen (secondary N) is 1. The largest absolute Gasteiger partial charge is 0.356 e. The van der Waals surface area contributed by atoms with E-state index in [1.807, 2.05) is 29.2 Å². The zero-order valence-corrected chi connectivity index (χ0v) is 12.8. The normalized spacial score (nSPS) is 17.3. The lowest BCUT2D eigenvalue weighted by molar-refractivity contribution is -0.131. The second-order valence-corrected chi connectivity index (χ2v) is 5.92. The van der Waals surface area contributed by atoms with Gasteiger partial charge in [-0.25, -0.2) is 0 Å². The van der Waals surface area contributed by atoms with Crippen LogP contribution in [0.1, 0.15) is 22.9 Å².